The average molecular weight is 301 g/mol. The molecule has 6 heteroatoms. The quantitative estimate of drug-likeness (QED) is 0.795. The van der Waals surface area contributed by atoms with Crippen molar-refractivity contribution in [2.24, 2.45) is 5.92 Å². The van der Waals surface area contributed by atoms with Gasteiger partial charge in [-0.25, -0.2) is 0 Å². The topological polar surface area (TPSA) is 59.6 Å². The Labute approximate surface area is 125 Å². The summed E-state index contributed by atoms with van der Waals surface area (Å²) in [6.45, 7) is 5.17. The van der Waals surface area contributed by atoms with E-state index in [0.29, 0.717) is 30.6 Å². The highest BCUT2D eigenvalue weighted by Gasteiger charge is 2.17. The van der Waals surface area contributed by atoms with Gasteiger partial charge in [0.1, 0.15) is 0 Å². The van der Waals surface area contributed by atoms with E-state index < -0.39 is 0 Å². The summed E-state index contributed by atoms with van der Waals surface area (Å²) >= 11 is 0. The van der Waals surface area contributed by atoms with Gasteiger partial charge in [-0.2, -0.15) is 0 Å². The van der Waals surface area contributed by atoms with E-state index in [2.05, 4.69) is 10.6 Å². The predicted octanol–water partition coefficient (Wildman–Crippen LogP) is 1.22. The minimum Gasteiger partial charge on any atom is -0.490 e. The summed E-state index contributed by atoms with van der Waals surface area (Å²) in [5, 5.41) is 6.03. The first kappa shape index (κ1) is 16.6. The molecule has 1 heterocycles. The molecule has 0 unspecified atom stereocenters. The lowest BCUT2D eigenvalue weighted by Crippen LogP contribution is -2.48. The van der Waals surface area contributed by atoms with Crippen LogP contribution in [0.5, 0.6) is 11.5 Å². The molecule has 1 aromatic carbocycles. The zero-order chi connectivity index (χ0) is 13.5. The van der Waals surface area contributed by atoms with Crippen molar-refractivity contribution in [3.05, 3.63) is 24.3 Å². The number of halogens is 1. The maximum absolute atomic E-state index is 11.6. The smallest absolute Gasteiger partial charge is 0.257 e. The van der Waals surface area contributed by atoms with Crippen LogP contribution in [0.4, 0.5) is 0 Å². The van der Waals surface area contributed by atoms with Gasteiger partial charge in [-0.05, 0) is 19.1 Å². The van der Waals surface area contributed by atoms with Crippen molar-refractivity contribution in [1.82, 2.24) is 10.6 Å². The van der Waals surface area contributed by atoms with Crippen LogP contribution >= 0.6 is 12.4 Å². The van der Waals surface area contributed by atoms with E-state index in [1.807, 2.05) is 25.1 Å². The fourth-order valence-corrected chi connectivity index (χ4v) is 1.79. The van der Waals surface area contributed by atoms with Crippen molar-refractivity contribution < 1.29 is 14.3 Å². The van der Waals surface area contributed by atoms with E-state index in [9.17, 15) is 4.79 Å². The highest BCUT2D eigenvalue weighted by molar-refractivity contribution is 5.85. The second kappa shape index (κ2) is 8.66. The van der Waals surface area contributed by atoms with Gasteiger partial charge in [0, 0.05) is 25.6 Å². The lowest BCUT2D eigenvalue weighted by Gasteiger charge is -2.27. The first-order chi connectivity index (χ1) is 9.29. The minimum absolute atomic E-state index is 0. The number of hydrogen-bond donors (Lipinski definition) is 2. The van der Waals surface area contributed by atoms with Crippen LogP contribution in [0.1, 0.15) is 6.92 Å². The number of ether oxygens (including phenoxy) is 2. The molecule has 1 aromatic rings. The number of carbonyl (C=O) groups excluding carboxylic acids is 1. The van der Waals surface area contributed by atoms with Crippen LogP contribution in [0.3, 0.4) is 0 Å². The molecule has 112 valence electrons. The monoisotopic (exact) mass is 300 g/mol. The van der Waals surface area contributed by atoms with Crippen LogP contribution in [0.25, 0.3) is 0 Å². The Morgan fingerprint density at radius 1 is 1.30 bits per heavy atom. The Bertz CT molecular complexity index is 425. The van der Waals surface area contributed by atoms with Gasteiger partial charge in [-0.1, -0.05) is 12.1 Å². The third kappa shape index (κ3) is 4.90. The van der Waals surface area contributed by atoms with Crippen molar-refractivity contribution >= 4 is 18.3 Å². The number of hydrogen-bond acceptors (Lipinski definition) is 4. The summed E-state index contributed by atoms with van der Waals surface area (Å²) in [7, 11) is 0. The molecule has 0 aliphatic carbocycles. The van der Waals surface area contributed by atoms with Crippen LogP contribution in [0.2, 0.25) is 0 Å². The molecule has 0 atom stereocenters. The molecule has 0 radical (unpaired) electrons. The van der Waals surface area contributed by atoms with E-state index in [1.165, 1.54) is 0 Å². The summed E-state index contributed by atoms with van der Waals surface area (Å²) in [4.78, 5) is 11.6. The lowest BCUT2D eigenvalue weighted by molar-refractivity contribution is -0.123. The molecule has 1 saturated heterocycles. The fraction of sp³-hybridized carbons (Fsp3) is 0.500. The second-order valence-corrected chi connectivity index (χ2v) is 4.50. The number of amides is 1. The Morgan fingerprint density at radius 3 is 2.50 bits per heavy atom. The summed E-state index contributed by atoms with van der Waals surface area (Å²) in [6.07, 6.45) is 0. The van der Waals surface area contributed by atoms with E-state index in [4.69, 9.17) is 9.47 Å². The van der Waals surface area contributed by atoms with Crippen LogP contribution < -0.4 is 20.1 Å². The number of rotatable bonds is 7. The summed E-state index contributed by atoms with van der Waals surface area (Å²) < 4.78 is 10.9. The molecule has 1 amide bonds. The van der Waals surface area contributed by atoms with E-state index in [1.54, 1.807) is 6.07 Å². The molecule has 1 fully saturated rings. The molecule has 0 aromatic heterocycles. The molecule has 5 nitrogen and oxygen atoms in total. The zero-order valence-corrected chi connectivity index (χ0v) is 12.4. The molecule has 20 heavy (non-hydrogen) atoms. The normalized spacial score (nSPS) is 13.8. The van der Waals surface area contributed by atoms with Gasteiger partial charge < -0.3 is 20.1 Å². The van der Waals surface area contributed by atoms with E-state index in [-0.39, 0.29) is 24.9 Å². The van der Waals surface area contributed by atoms with Gasteiger partial charge in [0.2, 0.25) is 0 Å². The van der Waals surface area contributed by atoms with Gasteiger partial charge in [0.25, 0.3) is 5.91 Å². The van der Waals surface area contributed by atoms with Crippen LogP contribution in [0.15, 0.2) is 24.3 Å². The summed E-state index contributed by atoms with van der Waals surface area (Å²) in [5.74, 6) is 1.73. The zero-order valence-electron chi connectivity index (χ0n) is 11.6. The lowest BCUT2D eigenvalue weighted by atomic mass is 10.0. The number of para-hydroxylation sites is 2. The van der Waals surface area contributed by atoms with Crippen LogP contribution in [-0.2, 0) is 4.79 Å². The third-order valence-corrected chi connectivity index (χ3v) is 2.96. The Morgan fingerprint density at radius 2 is 1.95 bits per heavy atom. The standard InChI is InChI=1S/C14H20N2O3.ClH/c1-2-18-12-5-3-4-6-13(12)19-10-14(17)16-9-11-7-15-8-11;/h3-6,11,15H,2,7-10H2,1H3,(H,16,17);1H. The van der Waals surface area contributed by atoms with E-state index in [0.717, 1.165) is 13.1 Å². The van der Waals surface area contributed by atoms with E-state index >= 15 is 0 Å². The molecule has 0 spiro atoms. The van der Waals surface area contributed by atoms with Crippen molar-refractivity contribution in [2.45, 2.75) is 6.92 Å². The molecule has 2 N–H and O–H groups in total. The summed E-state index contributed by atoms with van der Waals surface area (Å²) in [5.41, 5.74) is 0. The molecule has 0 saturated carbocycles. The molecular weight excluding hydrogens is 280 g/mol. The van der Waals surface area contributed by atoms with Crippen molar-refractivity contribution in [1.29, 1.82) is 0 Å². The number of nitrogens with one attached hydrogen (secondary N) is 2. The fourth-order valence-electron chi connectivity index (χ4n) is 1.79. The van der Waals surface area contributed by atoms with Crippen molar-refractivity contribution in [3.8, 4) is 11.5 Å². The largest absolute Gasteiger partial charge is 0.490 e. The Balaban J connectivity index is 0.00000200. The van der Waals surface area contributed by atoms with Crippen LogP contribution in [-0.4, -0.2) is 38.8 Å². The molecule has 0 bridgehead atoms. The maximum Gasteiger partial charge on any atom is 0.257 e. The highest BCUT2D eigenvalue weighted by atomic mass is 35.5. The molecule has 1 aliphatic heterocycles. The van der Waals surface area contributed by atoms with Crippen molar-refractivity contribution in [3.63, 3.8) is 0 Å². The average Bonchev–Trinajstić information content (AvgIpc) is 2.36. The SMILES string of the molecule is CCOc1ccccc1OCC(=O)NCC1CNC1.Cl. The Hall–Kier alpha value is -1.46. The van der Waals surface area contributed by atoms with Crippen molar-refractivity contribution in [2.75, 3.05) is 32.8 Å². The third-order valence-electron chi connectivity index (χ3n) is 2.96. The molecule has 1 aliphatic rings. The molecule has 2 rings (SSSR count). The second-order valence-electron chi connectivity index (χ2n) is 4.50. The summed E-state index contributed by atoms with van der Waals surface area (Å²) in [6, 6.07) is 7.36. The van der Waals surface area contributed by atoms with Gasteiger partial charge in [0.05, 0.1) is 6.61 Å². The Kier molecular flexibility index (Phi) is 7.18. The predicted molar refractivity (Wildman–Crippen MR) is 79.7 cm³/mol. The van der Waals surface area contributed by atoms with Gasteiger partial charge in [-0.3, -0.25) is 4.79 Å². The van der Waals surface area contributed by atoms with Gasteiger partial charge in [-0.15, -0.1) is 12.4 Å². The van der Waals surface area contributed by atoms with Gasteiger partial charge in [0.15, 0.2) is 18.1 Å². The maximum atomic E-state index is 11.6. The highest BCUT2D eigenvalue weighted by Crippen LogP contribution is 2.26. The first-order valence-electron chi connectivity index (χ1n) is 6.61. The first-order valence-corrected chi connectivity index (χ1v) is 6.61. The molecular formula is C14H21ClN2O3. The van der Waals surface area contributed by atoms with Crippen LogP contribution in [0, 0.1) is 5.92 Å². The number of carbonyl (C=O) groups is 1. The number of benzene rings is 1. The minimum atomic E-state index is -0.0989. The van der Waals surface area contributed by atoms with Gasteiger partial charge >= 0.3 is 0 Å².